The van der Waals surface area contributed by atoms with Crippen molar-refractivity contribution in [1.82, 2.24) is 9.88 Å². The van der Waals surface area contributed by atoms with Gasteiger partial charge in [0.05, 0.1) is 0 Å². The number of fused-ring (bicyclic) bond motifs is 1. The Kier molecular flexibility index (Phi) is 4.59. The summed E-state index contributed by atoms with van der Waals surface area (Å²) < 4.78 is 5.85. The van der Waals surface area contributed by atoms with E-state index in [0.717, 1.165) is 49.9 Å². The Bertz CT molecular complexity index is 761. The second-order valence-electron chi connectivity index (χ2n) is 7.26. The Balaban J connectivity index is 1.39. The minimum absolute atomic E-state index is 0.126. The second kappa shape index (κ2) is 6.87. The van der Waals surface area contributed by atoms with Crippen molar-refractivity contribution in [2.45, 2.75) is 44.6 Å². The van der Waals surface area contributed by atoms with Gasteiger partial charge in [-0.25, -0.2) is 0 Å². The minimum atomic E-state index is 0.126. The van der Waals surface area contributed by atoms with Crippen LogP contribution in [0.2, 0.25) is 5.02 Å². The van der Waals surface area contributed by atoms with Crippen LogP contribution in [0.4, 0.5) is 6.01 Å². The smallest absolute Gasteiger partial charge is 0.298 e. The van der Waals surface area contributed by atoms with Crippen molar-refractivity contribution in [1.29, 1.82) is 0 Å². The molecule has 0 spiro atoms. The quantitative estimate of drug-likeness (QED) is 0.825. The predicted octanol–water partition coefficient (Wildman–Crippen LogP) is 4.10. The van der Waals surface area contributed by atoms with Gasteiger partial charge in [-0.2, -0.15) is 4.98 Å². The Labute approximate surface area is 152 Å². The van der Waals surface area contributed by atoms with E-state index in [4.69, 9.17) is 16.0 Å². The zero-order valence-corrected chi connectivity index (χ0v) is 15.3. The van der Waals surface area contributed by atoms with Gasteiger partial charge in [-0.15, -0.1) is 0 Å². The lowest BCUT2D eigenvalue weighted by atomic mass is 9.95. The highest BCUT2D eigenvalue weighted by molar-refractivity contribution is 6.31. The van der Waals surface area contributed by atoms with Crippen LogP contribution >= 0.6 is 11.6 Å². The van der Waals surface area contributed by atoms with E-state index in [1.807, 2.05) is 30.1 Å². The van der Waals surface area contributed by atoms with Crippen molar-refractivity contribution in [2.75, 3.05) is 25.0 Å². The molecule has 1 saturated carbocycles. The fourth-order valence-corrected chi connectivity index (χ4v) is 4.27. The number of hydrogen-bond acceptors (Lipinski definition) is 4. The number of oxazole rings is 1. The van der Waals surface area contributed by atoms with Gasteiger partial charge in [-0.1, -0.05) is 24.4 Å². The number of anilines is 1. The van der Waals surface area contributed by atoms with Crippen LogP contribution in [-0.4, -0.2) is 42.0 Å². The van der Waals surface area contributed by atoms with E-state index in [0.29, 0.717) is 23.0 Å². The first-order chi connectivity index (χ1) is 12.1. The van der Waals surface area contributed by atoms with Crippen molar-refractivity contribution in [3.05, 3.63) is 23.2 Å². The molecule has 6 heteroatoms. The molecule has 0 radical (unpaired) electrons. The maximum atomic E-state index is 12.8. The second-order valence-corrected chi connectivity index (χ2v) is 7.69. The molecule has 2 heterocycles. The Morgan fingerprint density at radius 3 is 2.68 bits per heavy atom. The molecule has 1 aromatic heterocycles. The summed E-state index contributed by atoms with van der Waals surface area (Å²) >= 11 is 6.01. The first-order valence-corrected chi connectivity index (χ1v) is 9.57. The highest BCUT2D eigenvalue weighted by Gasteiger charge is 2.32. The summed E-state index contributed by atoms with van der Waals surface area (Å²) in [5.41, 5.74) is 1.53. The van der Waals surface area contributed by atoms with Crippen molar-refractivity contribution in [3.63, 3.8) is 0 Å². The van der Waals surface area contributed by atoms with Crippen LogP contribution in [0.1, 0.15) is 38.5 Å². The van der Waals surface area contributed by atoms with Gasteiger partial charge in [0.1, 0.15) is 5.52 Å². The molecule has 0 unspecified atom stereocenters. The van der Waals surface area contributed by atoms with E-state index in [1.165, 1.54) is 12.8 Å². The van der Waals surface area contributed by atoms with Crippen molar-refractivity contribution < 1.29 is 9.21 Å². The van der Waals surface area contributed by atoms with Crippen LogP contribution in [0.5, 0.6) is 0 Å². The van der Waals surface area contributed by atoms with Gasteiger partial charge in [0, 0.05) is 37.1 Å². The van der Waals surface area contributed by atoms with Crippen molar-refractivity contribution in [2.24, 2.45) is 5.92 Å². The molecule has 0 bridgehead atoms. The number of carbonyl (C=O) groups is 1. The first-order valence-electron chi connectivity index (χ1n) is 9.19. The van der Waals surface area contributed by atoms with Crippen LogP contribution in [-0.2, 0) is 4.79 Å². The third kappa shape index (κ3) is 3.34. The van der Waals surface area contributed by atoms with Crippen LogP contribution in [0.3, 0.4) is 0 Å². The molecule has 1 saturated heterocycles. The summed E-state index contributed by atoms with van der Waals surface area (Å²) in [7, 11) is 1.98. The van der Waals surface area contributed by atoms with E-state index < -0.39 is 0 Å². The van der Waals surface area contributed by atoms with Crippen LogP contribution < -0.4 is 4.90 Å². The maximum Gasteiger partial charge on any atom is 0.298 e. The summed E-state index contributed by atoms with van der Waals surface area (Å²) in [6, 6.07) is 6.56. The number of benzene rings is 1. The SMILES string of the molecule is CN(C(=O)C1CCN(c2nc3cc(Cl)ccc3o2)CC1)C1CCCC1. The number of piperidine rings is 1. The molecular formula is C19H24ClN3O2. The lowest BCUT2D eigenvalue weighted by Gasteiger charge is -2.34. The molecule has 1 aliphatic carbocycles. The Morgan fingerprint density at radius 2 is 1.96 bits per heavy atom. The minimum Gasteiger partial charge on any atom is -0.423 e. The molecule has 2 aromatic rings. The fraction of sp³-hybridized carbons (Fsp3) is 0.579. The standard InChI is InChI=1S/C19H24ClN3O2/c1-22(15-4-2-3-5-15)18(24)13-8-10-23(11-9-13)19-21-16-12-14(20)6-7-17(16)25-19/h6-7,12-13,15H,2-5,8-11H2,1H3. The van der Waals surface area contributed by atoms with Crippen LogP contribution in [0.25, 0.3) is 11.1 Å². The Hall–Kier alpha value is -1.75. The zero-order chi connectivity index (χ0) is 17.4. The van der Waals surface area contributed by atoms with E-state index in [-0.39, 0.29) is 5.92 Å². The van der Waals surface area contributed by atoms with E-state index >= 15 is 0 Å². The molecule has 1 amide bonds. The molecule has 1 aromatic carbocycles. The van der Waals surface area contributed by atoms with Gasteiger partial charge in [0.15, 0.2) is 5.58 Å². The van der Waals surface area contributed by atoms with Gasteiger partial charge in [0.2, 0.25) is 5.91 Å². The largest absolute Gasteiger partial charge is 0.423 e. The summed E-state index contributed by atoms with van der Waals surface area (Å²) in [6.07, 6.45) is 6.54. The molecular weight excluding hydrogens is 338 g/mol. The highest BCUT2D eigenvalue weighted by Crippen LogP contribution is 2.30. The molecule has 0 atom stereocenters. The number of halogens is 1. The van der Waals surface area contributed by atoms with Gasteiger partial charge < -0.3 is 14.2 Å². The molecule has 25 heavy (non-hydrogen) atoms. The lowest BCUT2D eigenvalue weighted by Crippen LogP contribution is -2.44. The number of hydrogen-bond donors (Lipinski definition) is 0. The summed E-state index contributed by atoms with van der Waals surface area (Å²) in [5, 5.41) is 0.659. The maximum absolute atomic E-state index is 12.8. The van der Waals surface area contributed by atoms with E-state index in [1.54, 1.807) is 0 Å². The summed E-state index contributed by atoms with van der Waals surface area (Å²) in [6.45, 7) is 1.60. The van der Waals surface area contributed by atoms with Crippen LogP contribution in [0, 0.1) is 5.92 Å². The first kappa shape index (κ1) is 16.7. The molecule has 134 valence electrons. The van der Waals surface area contributed by atoms with Gasteiger partial charge in [-0.3, -0.25) is 4.79 Å². The third-order valence-electron chi connectivity index (χ3n) is 5.67. The van der Waals surface area contributed by atoms with E-state index in [9.17, 15) is 4.79 Å². The molecule has 2 fully saturated rings. The monoisotopic (exact) mass is 361 g/mol. The van der Waals surface area contributed by atoms with E-state index in [2.05, 4.69) is 9.88 Å². The van der Waals surface area contributed by atoms with Gasteiger partial charge in [0.25, 0.3) is 6.01 Å². The number of amides is 1. The van der Waals surface area contributed by atoms with Crippen LogP contribution in [0.15, 0.2) is 22.6 Å². The summed E-state index contributed by atoms with van der Waals surface area (Å²) in [5.74, 6) is 0.441. The molecule has 1 aliphatic heterocycles. The highest BCUT2D eigenvalue weighted by atomic mass is 35.5. The Morgan fingerprint density at radius 1 is 1.24 bits per heavy atom. The normalized spacial score (nSPS) is 19.7. The number of nitrogens with zero attached hydrogens (tertiary/aromatic N) is 3. The van der Waals surface area contributed by atoms with Crippen molar-refractivity contribution in [3.8, 4) is 0 Å². The number of rotatable bonds is 3. The number of aromatic nitrogens is 1. The average Bonchev–Trinajstić information content (AvgIpc) is 3.30. The number of carbonyl (C=O) groups excluding carboxylic acids is 1. The predicted molar refractivity (Wildman–Crippen MR) is 99.0 cm³/mol. The zero-order valence-electron chi connectivity index (χ0n) is 14.6. The molecule has 0 N–H and O–H groups in total. The molecule has 5 nitrogen and oxygen atoms in total. The fourth-order valence-electron chi connectivity index (χ4n) is 4.10. The topological polar surface area (TPSA) is 49.6 Å². The third-order valence-corrected chi connectivity index (χ3v) is 5.91. The van der Waals surface area contributed by atoms with Gasteiger partial charge in [-0.05, 0) is 43.9 Å². The van der Waals surface area contributed by atoms with Gasteiger partial charge >= 0.3 is 0 Å². The van der Waals surface area contributed by atoms with Crippen molar-refractivity contribution >= 4 is 34.6 Å². The summed E-state index contributed by atoms with van der Waals surface area (Å²) in [4.78, 5) is 21.4. The average molecular weight is 362 g/mol. The lowest BCUT2D eigenvalue weighted by molar-refractivity contribution is -0.136. The molecule has 4 rings (SSSR count). The molecule has 2 aliphatic rings.